The lowest BCUT2D eigenvalue weighted by atomic mass is 10.2. The van der Waals surface area contributed by atoms with Gasteiger partial charge in [-0.25, -0.2) is 0 Å². The van der Waals surface area contributed by atoms with Crippen molar-refractivity contribution in [2.75, 3.05) is 6.73 Å². The number of ether oxygens (including phenoxy) is 1. The Balaban J connectivity index is 3.22. The third-order valence-corrected chi connectivity index (χ3v) is 1.05. The summed E-state index contributed by atoms with van der Waals surface area (Å²) < 4.78 is 4.48. The lowest BCUT2D eigenvalue weighted by molar-refractivity contribution is -0.143. The lowest BCUT2D eigenvalue weighted by Crippen LogP contribution is -2.18. The molecule has 0 bridgehead atoms. The molecular weight excluding hydrogens is 132 g/mol. The second-order valence-electron chi connectivity index (χ2n) is 2.20. The van der Waals surface area contributed by atoms with Gasteiger partial charge in [0.2, 0.25) is 0 Å². The smallest absolute Gasteiger partial charge is 0.307 e. The Labute approximate surface area is 60.5 Å². The monoisotopic (exact) mass is 146 g/mol. The quantitative estimate of drug-likeness (QED) is 0.417. The first-order valence-electron chi connectivity index (χ1n) is 3.28. The number of nitrogens with two attached hydrogens (primary N) is 2. The third kappa shape index (κ3) is 5.53. The first-order valence-corrected chi connectivity index (χ1v) is 3.28. The fourth-order valence-corrected chi connectivity index (χ4v) is 0.511. The summed E-state index contributed by atoms with van der Waals surface area (Å²) in [5.41, 5.74) is 10.4. The van der Waals surface area contributed by atoms with E-state index in [1.165, 1.54) is 0 Å². The van der Waals surface area contributed by atoms with Crippen LogP contribution in [-0.2, 0) is 9.53 Å². The van der Waals surface area contributed by atoms with Gasteiger partial charge in [-0.1, -0.05) is 0 Å². The molecule has 4 N–H and O–H groups in total. The van der Waals surface area contributed by atoms with E-state index in [-0.39, 0.29) is 18.7 Å². The summed E-state index contributed by atoms with van der Waals surface area (Å²) >= 11 is 0. The average molecular weight is 146 g/mol. The molecular formula is C6H14N2O2. The van der Waals surface area contributed by atoms with Crippen molar-refractivity contribution in [2.24, 2.45) is 11.5 Å². The highest BCUT2D eigenvalue weighted by Crippen LogP contribution is 1.94. The van der Waals surface area contributed by atoms with E-state index >= 15 is 0 Å². The summed E-state index contributed by atoms with van der Waals surface area (Å²) in [6, 6.07) is 0.0466. The molecule has 10 heavy (non-hydrogen) atoms. The molecule has 0 saturated carbocycles. The van der Waals surface area contributed by atoms with Gasteiger partial charge in [-0.2, -0.15) is 0 Å². The molecule has 0 aromatic rings. The molecule has 0 aliphatic heterocycles. The molecule has 1 atom stereocenters. The van der Waals surface area contributed by atoms with E-state index in [4.69, 9.17) is 11.5 Å². The van der Waals surface area contributed by atoms with Gasteiger partial charge in [0.25, 0.3) is 0 Å². The number of esters is 1. The second-order valence-corrected chi connectivity index (χ2v) is 2.20. The van der Waals surface area contributed by atoms with Gasteiger partial charge >= 0.3 is 5.97 Å². The van der Waals surface area contributed by atoms with Crippen LogP contribution < -0.4 is 11.5 Å². The van der Waals surface area contributed by atoms with Crippen LogP contribution in [0.3, 0.4) is 0 Å². The van der Waals surface area contributed by atoms with Gasteiger partial charge < -0.3 is 10.5 Å². The SMILES string of the molecule is CC(N)CCC(=O)OCN. The van der Waals surface area contributed by atoms with E-state index in [2.05, 4.69) is 4.74 Å². The lowest BCUT2D eigenvalue weighted by Gasteiger charge is -2.03. The summed E-state index contributed by atoms with van der Waals surface area (Å²) in [4.78, 5) is 10.6. The Bertz CT molecular complexity index is 104. The highest BCUT2D eigenvalue weighted by atomic mass is 16.5. The molecule has 0 aliphatic carbocycles. The van der Waals surface area contributed by atoms with Gasteiger partial charge in [-0.05, 0) is 13.3 Å². The Kier molecular flexibility index (Phi) is 4.88. The van der Waals surface area contributed by atoms with Crippen molar-refractivity contribution in [3.05, 3.63) is 0 Å². The molecule has 4 nitrogen and oxygen atoms in total. The second kappa shape index (κ2) is 5.20. The Hall–Kier alpha value is -0.610. The normalized spacial score (nSPS) is 12.7. The van der Waals surface area contributed by atoms with E-state index < -0.39 is 0 Å². The summed E-state index contributed by atoms with van der Waals surface area (Å²) in [7, 11) is 0. The standard InChI is InChI=1S/C6H14N2O2/c1-5(8)2-3-6(9)10-4-7/h5H,2-4,7-8H2,1H3. The molecule has 0 aromatic heterocycles. The van der Waals surface area contributed by atoms with Gasteiger partial charge in [-0.15, -0.1) is 0 Å². The molecule has 0 spiro atoms. The van der Waals surface area contributed by atoms with Gasteiger partial charge in [0.15, 0.2) is 0 Å². The molecule has 0 amide bonds. The van der Waals surface area contributed by atoms with Gasteiger partial charge in [0, 0.05) is 12.5 Å². The Morgan fingerprint density at radius 3 is 2.70 bits per heavy atom. The predicted octanol–water partition coefficient (Wildman–Crippen LogP) is -0.427. The minimum absolute atomic E-state index is 0.0439. The van der Waals surface area contributed by atoms with E-state index in [1.54, 1.807) is 0 Å². The van der Waals surface area contributed by atoms with E-state index in [0.29, 0.717) is 12.8 Å². The minimum atomic E-state index is -0.278. The molecule has 0 aromatic carbocycles. The fourth-order valence-electron chi connectivity index (χ4n) is 0.511. The van der Waals surface area contributed by atoms with Crippen molar-refractivity contribution in [3.63, 3.8) is 0 Å². The summed E-state index contributed by atoms with van der Waals surface area (Å²) in [6.07, 6.45) is 1.01. The van der Waals surface area contributed by atoms with E-state index in [0.717, 1.165) is 0 Å². The van der Waals surface area contributed by atoms with Gasteiger partial charge in [0.1, 0.15) is 6.73 Å². The van der Waals surface area contributed by atoms with Crippen LogP contribution >= 0.6 is 0 Å². The molecule has 0 fully saturated rings. The van der Waals surface area contributed by atoms with Crippen molar-refractivity contribution in [2.45, 2.75) is 25.8 Å². The zero-order valence-electron chi connectivity index (χ0n) is 6.17. The zero-order chi connectivity index (χ0) is 7.98. The largest absolute Gasteiger partial charge is 0.450 e. The summed E-state index contributed by atoms with van der Waals surface area (Å²) in [5.74, 6) is -0.278. The van der Waals surface area contributed by atoms with Crippen LogP contribution in [0.25, 0.3) is 0 Å². The maximum Gasteiger partial charge on any atom is 0.307 e. The van der Waals surface area contributed by atoms with Crippen molar-refractivity contribution < 1.29 is 9.53 Å². The van der Waals surface area contributed by atoms with Crippen molar-refractivity contribution >= 4 is 5.97 Å². The number of carbonyl (C=O) groups excluding carboxylic acids is 1. The van der Waals surface area contributed by atoms with Crippen LogP contribution in [-0.4, -0.2) is 18.7 Å². The topological polar surface area (TPSA) is 78.3 Å². The molecule has 4 heteroatoms. The molecule has 0 heterocycles. The van der Waals surface area contributed by atoms with Crippen molar-refractivity contribution in [1.82, 2.24) is 0 Å². The maximum absolute atomic E-state index is 10.6. The fraction of sp³-hybridized carbons (Fsp3) is 0.833. The summed E-state index contributed by atoms with van der Waals surface area (Å²) in [5, 5.41) is 0. The van der Waals surface area contributed by atoms with Crippen LogP contribution in [0.5, 0.6) is 0 Å². The molecule has 0 rings (SSSR count). The maximum atomic E-state index is 10.6. The number of carbonyl (C=O) groups is 1. The number of hydrogen-bond donors (Lipinski definition) is 2. The third-order valence-electron chi connectivity index (χ3n) is 1.05. The highest BCUT2D eigenvalue weighted by Gasteiger charge is 2.02. The van der Waals surface area contributed by atoms with Crippen molar-refractivity contribution in [3.8, 4) is 0 Å². The number of hydrogen-bond acceptors (Lipinski definition) is 4. The van der Waals surface area contributed by atoms with Crippen molar-refractivity contribution in [1.29, 1.82) is 0 Å². The summed E-state index contributed by atoms with van der Waals surface area (Å²) in [6.45, 7) is 1.80. The zero-order valence-corrected chi connectivity index (χ0v) is 6.17. The minimum Gasteiger partial charge on any atom is -0.450 e. The van der Waals surface area contributed by atoms with Crippen LogP contribution in [0.1, 0.15) is 19.8 Å². The van der Waals surface area contributed by atoms with Crippen LogP contribution in [0, 0.1) is 0 Å². The Morgan fingerprint density at radius 2 is 2.30 bits per heavy atom. The molecule has 0 aliphatic rings. The number of rotatable bonds is 4. The van der Waals surface area contributed by atoms with Crippen LogP contribution in [0.4, 0.5) is 0 Å². The van der Waals surface area contributed by atoms with Crippen LogP contribution in [0.2, 0.25) is 0 Å². The van der Waals surface area contributed by atoms with E-state index in [9.17, 15) is 4.79 Å². The molecule has 60 valence electrons. The Morgan fingerprint density at radius 1 is 1.70 bits per heavy atom. The molecule has 0 saturated heterocycles. The van der Waals surface area contributed by atoms with Gasteiger partial charge in [0.05, 0.1) is 0 Å². The van der Waals surface area contributed by atoms with E-state index in [1.807, 2.05) is 6.92 Å². The van der Waals surface area contributed by atoms with Crippen LogP contribution in [0.15, 0.2) is 0 Å². The first kappa shape index (κ1) is 9.39. The molecule has 1 unspecified atom stereocenters. The predicted molar refractivity (Wildman–Crippen MR) is 38.0 cm³/mol. The highest BCUT2D eigenvalue weighted by molar-refractivity contribution is 5.69. The first-order chi connectivity index (χ1) is 4.66. The average Bonchev–Trinajstić information content (AvgIpc) is 1.85. The molecule has 0 radical (unpaired) electrons. The van der Waals surface area contributed by atoms with Gasteiger partial charge in [-0.3, -0.25) is 10.5 Å².